The van der Waals surface area contributed by atoms with Crippen LogP contribution in [0.5, 0.6) is 0 Å². The van der Waals surface area contributed by atoms with Gasteiger partial charge in [-0.15, -0.1) is 11.3 Å². The van der Waals surface area contributed by atoms with Crippen LogP contribution in [0.15, 0.2) is 12.1 Å². The summed E-state index contributed by atoms with van der Waals surface area (Å²) in [7, 11) is 1.80. The molecule has 0 aliphatic heterocycles. The van der Waals surface area contributed by atoms with E-state index in [0.29, 0.717) is 4.34 Å². The normalized spacial score (nSPS) is 9.50. The first-order valence-corrected chi connectivity index (χ1v) is 5.18. The number of Topliss-reactive ketones (excluding diaryl/α,β-unsaturated/α-hetero) is 1. The molecule has 0 saturated carbocycles. The molecular formula is C9H9ClN2OS. The van der Waals surface area contributed by atoms with E-state index in [2.05, 4.69) is 0 Å². The van der Waals surface area contributed by atoms with Crippen LogP contribution in [0.3, 0.4) is 0 Å². The van der Waals surface area contributed by atoms with Crippen LogP contribution in [0.1, 0.15) is 6.42 Å². The first-order chi connectivity index (χ1) is 6.63. The van der Waals surface area contributed by atoms with Crippen molar-refractivity contribution in [2.75, 3.05) is 18.5 Å². The van der Waals surface area contributed by atoms with Gasteiger partial charge in [-0.25, -0.2) is 0 Å². The second-order valence-corrected chi connectivity index (χ2v) is 4.50. The molecule has 0 atom stereocenters. The topological polar surface area (TPSA) is 44.1 Å². The summed E-state index contributed by atoms with van der Waals surface area (Å²) in [5.74, 6) is -0.0838. The number of carbonyl (C=O) groups is 1. The maximum Gasteiger partial charge on any atom is 0.166 e. The third-order valence-electron chi connectivity index (χ3n) is 1.62. The summed E-state index contributed by atoms with van der Waals surface area (Å²) in [6.45, 7) is 0.254. The van der Waals surface area contributed by atoms with Gasteiger partial charge >= 0.3 is 0 Å². The van der Waals surface area contributed by atoms with Gasteiger partial charge in [0.05, 0.1) is 28.4 Å². The molecule has 0 spiro atoms. The number of thiophene rings is 1. The summed E-state index contributed by atoms with van der Waals surface area (Å²) in [5, 5.41) is 9.25. The van der Waals surface area contributed by atoms with Crippen molar-refractivity contribution >= 4 is 33.7 Å². The fraction of sp³-hybridized carbons (Fsp3) is 0.333. The van der Waals surface area contributed by atoms with E-state index in [1.165, 1.54) is 11.3 Å². The van der Waals surface area contributed by atoms with Crippen molar-refractivity contribution in [2.45, 2.75) is 6.42 Å². The van der Waals surface area contributed by atoms with E-state index in [9.17, 15) is 4.79 Å². The maximum absolute atomic E-state index is 11.1. The van der Waals surface area contributed by atoms with Crippen LogP contribution in [0.2, 0.25) is 4.34 Å². The van der Waals surface area contributed by atoms with Gasteiger partial charge in [0, 0.05) is 7.05 Å². The number of nitriles is 1. The standard InChI is InChI=1S/C9H9ClN2OS/c1-12(6-7(13)4-5-11)9-3-2-8(10)14-9/h2-3H,4,6H2,1H3. The molecule has 1 aromatic heterocycles. The van der Waals surface area contributed by atoms with Gasteiger partial charge in [0.25, 0.3) is 0 Å². The molecule has 74 valence electrons. The van der Waals surface area contributed by atoms with Crippen LogP contribution in [-0.4, -0.2) is 19.4 Å². The maximum atomic E-state index is 11.1. The van der Waals surface area contributed by atoms with E-state index in [4.69, 9.17) is 16.9 Å². The Balaban J connectivity index is 2.55. The lowest BCUT2D eigenvalue weighted by molar-refractivity contribution is -0.116. The Kier molecular flexibility index (Phi) is 3.93. The third-order valence-corrected chi connectivity index (χ3v) is 2.97. The summed E-state index contributed by atoms with van der Waals surface area (Å²) >= 11 is 7.17. The monoisotopic (exact) mass is 228 g/mol. The Hall–Kier alpha value is -1.05. The quantitative estimate of drug-likeness (QED) is 0.795. The predicted octanol–water partition coefficient (Wildman–Crippen LogP) is 2.32. The molecule has 0 amide bonds. The average molecular weight is 229 g/mol. The number of nitrogens with zero attached hydrogens (tertiary/aromatic N) is 2. The van der Waals surface area contributed by atoms with Gasteiger partial charge in [-0.1, -0.05) is 11.6 Å². The fourth-order valence-electron chi connectivity index (χ4n) is 0.996. The molecule has 14 heavy (non-hydrogen) atoms. The number of likely N-dealkylation sites (N-methyl/N-ethyl adjacent to an activating group) is 1. The first kappa shape index (κ1) is 11.0. The Bertz CT molecular complexity index is 369. The van der Waals surface area contributed by atoms with Gasteiger partial charge in [0.15, 0.2) is 5.78 Å². The van der Waals surface area contributed by atoms with E-state index in [-0.39, 0.29) is 18.7 Å². The van der Waals surface area contributed by atoms with Gasteiger partial charge in [0.1, 0.15) is 0 Å². The van der Waals surface area contributed by atoms with Gasteiger partial charge in [0.2, 0.25) is 0 Å². The smallest absolute Gasteiger partial charge is 0.166 e. The lowest BCUT2D eigenvalue weighted by atomic mass is 10.3. The molecule has 1 heterocycles. The summed E-state index contributed by atoms with van der Waals surface area (Å²) < 4.78 is 0.694. The number of carbonyl (C=O) groups excluding carboxylic acids is 1. The molecule has 1 rings (SSSR count). The SMILES string of the molecule is CN(CC(=O)CC#N)c1ccc(Cl)s1. The molecule has 0 bridgehead atoms. The van der Waals surface area contributed by atoms with E-state index in [0.717, 1.165) is 5.00 Å². The van der Waals surface area contributed by atoms with E-state index < -0.39 is 0 Å². The molecule has 0 saturated heterocycles. The lowest BCUT2D eigenvalue weighted by Gasteiger charge is -2.14. The number of halogens is 1. The van der Waals surface area contributed by atoms with Gasteiger partial charge in [-0.3, -0.25) is 4.79 Å². The Morgan fingerprint density at radius 3 is 2.93 bits per heavy atom. The van der Waals surface area contributed by atoms with Crippen molar-refractivity contribution in [2.24, 2.45) is 0 Å². The van der Waals surface area contributed by atoms with Crippen LogP contribution < -0.4 is 4.90 Å². The minimum Gasteiger partial charge on any atom is -0.359 e. The van der Waals surface area contributed by atoms with Crippen molar-refractivity contribution in [3.8, 4) is 6.07 Å². The third kappa shape index (κ3) is 3.02. The molecular weight excluding hydrogens is 220 g/mol. The van der Waals surface area contributed by atoms with Crippen molar-refractivity contribution < 1.29 is 4.79 Å². The minimum atomic E-state index is -0.0838. The molecule has 0 aromatic carbocycles. The molecule has 0 aliphatic rings. The van der Waals surface area contributed by atoms with Crippen molar-refractivity contribution in [3.05, 3.63) is 16.5 Å². The highest BCUT2D eigenvalue weighted by Crippen LogP contribution is 2.28. The Morgan fingerprint density at radius 2 is 2.43 bits per heavy atom. The van der Waals surface area contributed by atoms with E-state index in [1.807, 2.05) is 12.1 Å². The largest absolute Gasteiger partial charge is 0.359 e. The number of hydrogen-bond donors (Lipinski definition) is 0. The van der Waals surface area contributed by atoms with Crippen LogP contribution in [0.4, 0.5) is 5.00 Å². The molecule has 3 nitrogen and oxygen atoms in total. The summed E-state index contributed by atoms with van der Waals surface area (Å²) in [5.41, 5.74) is 0. The van der Waals surface area contributed by atoms with E-state index in [1.54, 1.807) is 18.0 Å². The van der Waals surface area contributed by atoms with Crippen LogP contribution in [-0.2, 0) is 4.79 Å². The zero-order valence-electron chi connectivity index (χ0n) is 7.66. The summed E-state index contributed by atoms with van der Waals surface area (Å²) in [6, 6.07) is 5.47. The van der Waals surface area contributed by atoms with E-state index >= 15 is 0 Å². The van der Waals surface area contributed by atoms with Gasteiger partial charge in [-0.2, -0.15) is 5.26 Å². The van der Waals surface area contributed by atoms with Crippen LogP contribution in [0, 0.1) is 11.3 Å². The second kappa shape index (κ2) is 4.99. The zero-order valence-corrected chi connectivity index (χ0v) is 9.23. The molecule has 0 fully saturated rings. The first-order valence-electron chi connectivity index (χ1n) is 3.98. The molecule has 0 radical (unpaired) electrons. The van der Waals surface area contributed by atoms with Crippen molar-refractivity contribution in [3.63, 3.8) is 0 Å². The molecule has 0 unspecified atom stereocenters. The van der Waals surface area contributed by atoms with Crippen LogP contribution >= 0.6 is 22.9 Å². The summed E-state index contributed by atoms with van der Waals surface area (Å²) in [4.78, 5) is 12.9. The Labute approximate surface area is 91.5 Å². The number of anilines is 1. The fourth-order valence-corrected chi connectivity index (χ4v) is 1.99. The highest BCUT2D eigenvalue weighted by molar-refractivity contribution is 7.19. The molecule has 5 heteroatoms. The molecule has 0 N–H and O–H groups in total. The lowest BCUT2D eigenvalue weighted by Crippen LogP contribution is -2.24. The van der Waals surface area contributed by atoms with Crippen LogP contribution in [0.25, 0.3) is 0 Å². The predicted molar refractivity (Wildman–Crippen MR) is 57.8 cm³/mol. The molecule has 1 aromatic rings. The highest BCUT2D eigenvalue weighted by Gasteiger charge is 2.08. The van der Waals surface area contributed by atoms with Gasteiger partial charge in [-0.05, 0) is 12.1 Å². The zero-order chi connectivity index (χ0) is 10.6. The van der Waals surface area contributed by atoms with Crippen molar-refractivity contribution in [1.29, 1.82) is 5.26 Å². The molecule has 0 aliphatic carbocycles. The van der Waals surface area contributed by atoms with Crippen molar-refractivity contribution in [1.82, 2.24) is 0 Å². The minimum absolute atomic E-state index is 0.0382. The summed E-state index contributed by atoms with van der Waals surface area (Å²) in [6.07, 6.45) is -0.0382. The number of rotatable bonds is 4. The van der Waals surface area contributed by atoms with Gasteiger partial charge < -0.3 is 4.90 Å². The second-order valence-electron chi connectivity index (χ2n) is 2.81. The number of hydrogen-bond acceptors (Lipinski definition) is 4. The Morgan fingerprint density at radius 1 is 1.71 bits per heavy atom. The number of ketones is 1. The highest BCUT2D eigenvalue weighted by atomic mass is 35.5. The average Bonchev–Trinajstić information content (AvgIpc) is 2.52.